The lowest BCUT2D eigenvalue weighted by Gasteiger charge is -2.14. The Bertz CT molecular complexity index is 688. The summed E-state index contributed by atoms with van der Waals surface area (Å²) < 4.78 is 0. The lowest BCUT2D eigenvalue weighted by Crippen LogP contribution is -2.18. The zero-order chi connectivity index (χ0) is 14.8. The maximum Gasteiger partial charge on any atom is 0.269 e. The maximum absolute atomic E-state index is 10.8. The second-order valence-corrected chi connectivity index (χ2v) is 5.68. The Hall–Kier alpha value is -1.91. The van der Waals surface area contributed by atoms with E-state index in [2.05, 4.69) is 11.4 Å². The van der Waals surface area contributed by atoms with E-state index in [-0.39, 0.29) is 16.7 Å². The van der Waals surface area contributed by atoms with Crippen molar-refractivity contribution in [3.05, 3.63) is 74.3 Å². The van der Waals surface area contributed by atoms with Gasteiger partial charge >= 0.3 is 0 Å². The van der Waals surface area contributed by atoms with Gasteiger partial charge in [0.2, 0.25) is 0 Å². The van der Waals surface area contributed by atoms with Crippen molar-refractivity contribution >= 4 is 17.3 Å². The summed E-state index contributed by atoms with van der Waals surface area (Å²) in [6, 6.07) is 13.0. The van der Waals surface area contributed by atoms with Crippen LogP contribution in [0.4, 0.5) is 5.69 Å². The fourth-order valence-corrected chi connectivity index (χ4v) is 3.01. The minimum absolute atomic E-state index is 0.132. The number of hydrogen-bond donors (Lipinski definition) is 1. The summed E-state index contributed by atoms with van der Waals surface area (Å²) in [4.78, 5) is 10.4. The SMILES string of the molecule is O=[N+]([O-])c1cccc(CNC2CCc3cc(Cl)ccc32)c1. The maximum atomic E-state index is 10.8. The molecule has 0 saturated carbocycles. The molecule has 0 aromatic heterocycles. The van der Waals surface area contributed by atoms with Crippen molar-refractivity contribution < 1.29 is 4.92 Å². The zero-order valence-electron chi connectivity index (χ0n) is 11.4. The lowest BCUT2D eigenvalue weighted by molar-refractivity contribution is -0.384. The molecule has 1 unspecified atom stereocenters. The third-order valence-corrected chi connectivity index (χ3v) is 4.09. The van der Waals surface area contributed by atoms with E-state index in [9.17, 15) is 10.1 Å². The van der Waals surface area contributed by atoms with Crippen LogP contribution >= 0.6 is 11.6 Å². The number of non-ortho nitro benzene ring substituents is 1. The normalized spacial score (nSPS) is 16.7. The number of nitro benzene ring substituents is 1. The number of nitrogens with zero attached hydrogens (tertiary/aromatic N) is 1. The van der Waals surface area contributed by atoms with Crippen LogP contribution in [0.5, 0.6) is 0 Å². The number of nitro groups is 1. The molecule has 1 aliphatic carbocycles. The smallest absolute Gasteiger partial charge is 0.269 e. The number of hydrogen-bond acceptors (Lipinski definition) is 3. The average molecular weight is 303 g/mol. The monoisotopic (exact) mass is 302 g/mol. The average Bonchev–Trinajstić information content (AvgIpc) is 2.87. The van der Waals surface area contributed by atoms with Gasteiger partial charge in [-0.1, -0.05) is 29.8 Å². The van der Waals surface area contributed by atoms with Crippen molar-refractivity contribution in [3.8, 4) is 0 Å². The van der Waals surface area contributed by atoms with Crippen molar-refractivity contribution in [2.45, 2.75) is 25.4 Å². The molecule has 4 nitrogen and oxygen atoms in total. The zero-order valence-corrected chi connectivity index (χ0v) is 12.1. The molecule has 0 aliphatic heterocycles. The third kappa shape index (κ3) is 3.06. The van der Waals surface area contributed by atoms with Gasteiger partial charge in [0.05, 0.1) is 4.92 Å². The highest BCUT2D eigenvalue weighted by Crippen LogP contribution is 2.33. The molecule has 0 saturated heterocycles. The second kappa shape index (κ2) is 5.84. The molecule has 2 aromatic rings. The molecule has 3 rings (SSSR count). The predicted octanol–water partition coefficient (Wildman–Crippen LogP) is 4.03. The summed E-state index contributed by atoms with van der Waals surface area (Å²) in [5.41, 5.74) is 3.63. The molecule has 0 fully saturated rings. The molecule has 0 bridgehead atoms. The Morgan fingerprint density at radius 1 is 1.29 bits per heavy atom. The van der Waals surface area contributed by atoms with E-state index in [4.69, 9.17) is 11.6 Å². The predicted molar refractivity (Wildman–Crippen MR) is 82.5 cm³/mol. The van der Waals surface area contributed by atoms with E-state index in [0.717, 1.165) is 23.4 Å². The van der Waals surface area contributed by atoms with Gasteiger partial charge in [-0.2, -0.15) is 0 Å². The summed E-state index contributed by atoms with van der Waals surface area (Å²) in [6.07, 6.45) is 2.05. The summed E-state index contributed by atoms with van der Waals surface area (Å²) >= 11 is 6.01. The molecule has 0 radical (unpaired) electrons. The van der Waals surface area contributed by atoms with Crippen LogP contribution < -0.4 is 5.32 Å². The molecule has 1 N–H and O–H groups in total. The molecule has 1 atom stereocenters. The Morgan fingerprint density at radius 2 is 2.14 bits per heavy atom. The summed E-state index contributed by atoms with van der Waals surface area (Å²) in [6.45, 7) is 0.619. The van der Waals surface area contributed by atoms with Gasteiger partial charge in [0, 0.05) is 29.7 Å². The minimum Gasteiger partial charge on any atom is -0.306 e. The molecular formula is C16H15ClN2O2. The highest BCUT2D eigenvalue weighted by atomic mass is 35.5. The van der Waals surface area contributed by atoms with E-state index in [0.29, 0.717) is 6.54 Å². The van der Waals surface area contributed by atoms with E-state index in [1.165, 1.54) is 17.2 Å². The van der Waals surface area contributed by atoms with Crippen molar-refractivity contribution in [1.29, 1.82) is 0 Å². The van der Waals surface area contributed by atoms with Crippen molar-refractivity contribution in [1.82, 2.24) is 5.32 Å². The number of aryl methyl sites for hydroxylation is 1. The van der Waals surface area contributed by atoms with Crippen LogP contribution in [0.1, 0.15) is 29.2 Å². The van der Waals surface area contributed by atoms with Crippen LogP contribution in [0.3, 0.4) is 0 Å². The van der Waals surface area contributed by atoms with E-state index in [1.54, 1.807) is 12.1 Å². The van der Waals surface area contributed by atoms with Gasteiger partial charge in [0.25, 0.3) is 5.69 Å². The van der Waals surface area contributed by atoms with E-state index < -0.39 is 0 Å². The first-order valence-electron chi connectivity index (χ1n) is 6.88. The molecule has 5 heteroatoms. The number of halogens is 1. The van der Waals surface area contributed by atoms with Gasteiger partial charge in [0.15, 0.2) is 0 Å². The summed E-state index contributed by atoms with van der Waals surface area (Å²) in [5, 5.41) is 15.0. The quantitative estimate of drug-likeness (QED) is 0.685. The minimum atomic E-state index is -0.365. The van der Waals surface area contributed by atoms with Crippen LogP contribution in [-0.4, -0.2) is 4.92 Å². The van der Waals surface area contributed by atoms with Crippen LogP contribution in [-0.2, 0) is 13.0 Å². The van der Waals surface area contributed by atoms with Crippen LogP contribution in [0, 0.1) is 10.1 Å². The van der Waals surface area contributed by atoms with Crippen molar-refractivity contribution in [2.24, 2.45) is 0 Å². The van der Waals surface area contributed by atoms with Crippen molar-refractivity contribution in [2.75, 3.05) is 0 Å². The van der Waals surface area contributed by atoms with Gasteiger partial charge in [-0.15, -0.1) is 0 Å². The van der Waals surface area contributed by atoms with Crippen molar-refractivity contribution in [3.63, 3.8) is 0 Å². The topological polar surface area (TPSA) is 55.2 Å². The molecule has 0 spiro atoms. The first kappa shape index (κ1) is 14.0. The van der Waals surface area contributed by atoms with E-state index >= 15 is 0 Å². The first-order chi connectivity index (χ1) is 10.1. The first-order valence-corrected chi connectivity index (χ1v) is 7.26. The molecule has 2 aromatic carbocycles. The van der Waals surface area contributed by atoms with Gasteiger partial charge < -0.3 is 5.32 Å². The molecule has 1 aliphatic rings. The molecule has 108 valence electrons. The van der Waals surface area contributed by atoms with Gasteiger partial charge in [-0.25, -0.2) is 0 Å². The second-order valence-electron chi connectivity index (χ2n) is 5.24. The molecular weight excluding hydrogens is 288 g/mol. The largest absolute Gasteiger partial charge is 0.306 e. The standard InChI is InChI=1S/C16H15ClN2O2/c17-13-5-6-15-12(9-13)4-7-16(15)18-10-11-2-1-3-14(8-11)19(20)21/h1-3,5-6,8-9,16,18H,4,7,10H2. The third-order valence-electron chi connectivity index (χ3n) is 3.86. The van der Waals surface area contributed by atoms with E-state index in [1.807, 2.05) is 18.2 Å². The molecule has 0 heterocycles. The van der Waals surface area contributed by atoms with Crippen LogP contribution in [0.25, 0.3) is 0 Å². The highest BCUT2D eigenvalue weighted by molar-refractivity contribution is 6.30. The Labute approximate surface area is 127 Å². The Balaban J connectivity index is 1.70. The van der Waals surface area contributed by atoms with Gasteiger partial charge in [0.1, 0.15) is 0 Å². The number of fused-ring (bicyclic) bond motifs is 1. The Morgan fingerprint density at radius 3 is 2.95 bits per heavy atom. The van der Waals surface area contributed by atoms with Crippen LogP contribution in [0.15, 0.2) is 42.5 Å². The van der Waals surface area contributed by atoms with Gasteiger partial charge in [-0.3, -0.25) is 10.1 Å². The molecule has 21 heavy (non-hydrogen) atoms. The summed E-state index contributed by atoms with van der Waals surface area (Å²) in [7, 11) is 0. The number of nitrogens with one attached hydrogen (secondary N) is 1. The van der Waals surface area contributed by atoms with Crippen LogP contribution in [0.2, 0.25) is 5.02 Å². The summed E-state index contributed by atoms with van der Waals surface area (Å²) in [5.74, 6) is 0. The van der Waals surface area contributed by atoms with Gasteiger partial charge in [-0.05, 0) is 41.7 Å². The lowest BCUT2D eigenvalue weighted by atomic mass is 10.1. The fourth-order valence-electron chi connectivity index (χ4n) is 2.82. The Kier molecular flexibility index (Phi) is 3.90. The highest BCUT2D eigenvalue weighted by Gasteiger charge is 2.22. The fraction of sp³-hybridized carbons (Fsp3) is 0.250. The number of benzene rings is 2. The number of rotatable bonds is 4. The molecule has 0 amide bonds.